The predicted octanol–water partition coefficient (Wildman–Crippen LogP) is 0.463. The topological polar surface area (TPSA) is 210 Å². The number of oxime groups is 1. The van der Waals surface area contributed by atoms with E-state index in [-0.39, 0.29) is 16.7 Å². The third kappa shape index (κ3) is 5.16. The molecule has 2 aliphatic heterocycles. The van der Waals surface area contributed by atoms with E-state index in [9.17, 15) is 24.7 Å². The fraction of sp³-hybridized carbons (Fsp3) is 0.350. The maximum Gasteiger partial charge on any atom is 0.353 e. The Bertz CT molecular complexity index is 1250. The molecular weight excluding hydrogens is 528 g/mol. The Kier molecular flexibility index (Phi) is 8.07. The molecule has 2 aromatic rings. The number of nitrogen functional groups attached to an aromatic ring is 1. The molecule has 0 radical (unpaired) electrons. The van der Waals surface area contributed by atoms with Crippen molar-refractivity contribution in [3.63, 3.8) is 0 Å². The molecule has 2 aromatic heterocycles. The Morgan fingerprint density at radius 3 is 2.86 bits per heavy atom. The number of hydrogen-bond acceptors (Lipinski definition) is 13. The van der Waals surface area contributed by atoms with Crippen LogP contribution in [-0.4, -0.2) is 77.4 Å². The average molecular weight is 551 g/mol. The van der Waals surface area contributed by atoms with Crippen molar-refractivity contribution in [1.82, 2.24) is 24.6 Å². The van der Waals surface area contributed by atoms with Crippen LogP contribution in [0.5, 0.6) is 0 Å². The van der Waals surface area contributed by atoms with Gasteiger partial charge in [-0.25, -0.2) is 4.79 Å². The predicted molar refractivity (Wildman–Crippen MR) is 134 cm³/mol. The van der Waals surface area contributed by atoms with Gasteiger partial charge in [-0.3, -0.25) is 19.5 Å². The van der Waals surface area contributed by atoms with Crippen molar-refractivity contribution in [2.75, 3.05) is 18.0 Å². The normalized spacial score (nSPS) is 19.6. The molecule has 2 unspecified atom stereocenters. The minimum atomic E-state index is -1.23. The lowest BCUT2D eigenvalue weighted by atomic mass is 9.86. The summed E-state index contributed by atoms with van der Waals surface area (Å²) in [7, 11) is 0. The molecule has 36 heavy (non-hydrogen) atoms. The summed E-state index contributed by atoms with van der Waals surface area (Å²) in [5.74, 6) is -1.45. The molecule has 1 fully saturated rings. The van der Waals surface area contributed by atoms with Gasteiger partial charge in [-0.1, -0.05) is 16.9 Å². The van der Waals surface area contributed by atoms with Crippen molar-refractivity contribution >= 4 is 63.7 Å². The standard InChI is InChI=1S/C20H22N8O5S3/c21-5-7-34-8-9-11(2-1-6-23-9)35-12-4-3-10-13(18(30)28(10)15(12)19(31)32)24-17(29)14(26-33)16-25-20(22)36-27-16/h1-2,6,10,13,33H,3-5,7-8,21H2,(H,24,29)(H,31,32)(H2,22,25,27). The summed E-state index contributed by atoms with van der Waals surface area (Å²) in [4.78, 5) is 48.6. The number of rotatable bonds is 10. The van der Waals surface area contributed by atoms with Crippen LogP contribution in [0.1, 0.15) is 24.4 Å². The number of carboxylic acids is 1. The lowest BCUT2D eigenvalue weighted by Gasteiger charge is -2.50. The smallest absolute Gasteiger partial charge is 0.353 e. The average Bonchev–Trinajstić information content (AvgIpc) is 3.29. The zero-order valence-electron chi connectivity index (χ0n) is 18.7. The second-order valence-corrected chi connectivity index (χ2v) is 10.7. The molecule has 16 heteroatoms. The van der Waals surface area contributed by atoms with Gasteiger partial charge in [0.1, 0.15) is 11.7 Å². The van der Waals surface area contributed by atoms with E-state index in [1.807, 2.05) is 6.07 Å². The molecule has 0 spiro atoms. The van der Waals surface area contributed by atoms with Gasteiger partial charge in [-0.15, -0.1) is 0 Å². The summed E-state index contributed by atoms with van der Waals surface area (Å²) >= 11 is 3.73. The molecule has 13 nitrogen and oxygen atoms in total. The molecule has 0 saturated carbocycles. The van der Waals surface area contributed by atoms with E-state index in [1.54, 1.807) is 24.0 Å². The minimum Gasteiger partial charge on any atom is -0.477 e. The zero-order valence-corrected chi connectivity index (χ0v) is 21.1. The highest BCUT2D eigenvalue weighted by molar-refractivity contribution is 8.03. The SMILES string of the molecule is NCCSCc1ncccc1SC1=C(C(=O)O)N2C(=O)C(NC(=O)C(=NO)c3nsc(N)n3)C2CC1. The number of β-lactam (4-membered cyclic amide) rings is 1. The third-order valence-corrected chi connectivity index (χ3v) is 8.21. The Balaban J connectivity index is 1.51. The highest BCUT2D eigenvalue weighted by Crippen LogP contribution is 2.44. The number of nitrogens with one attached hydrogen (secondary N) is 1. The molecule has 0 aliphatic carbocycles. The number of carbonyl (C=O) groups excluding carboxylic acids is 2. The van der Waals surface area contributed by atoms with Gasteiger partial charge >= 0.3 is 5.97 Å². The highest BCUT2D eigenvalue weighted by atomic mass is 32.2. The van der Waals surface area contributed by atoms with Crippen molar-refractivity contribution in [2.24, 2.45) is 10.9 Å². The Morgan fingerprint density at radius 2 is 2.19 bits per heavy atom. The molecule has 7 N–H and O–H groups in total. The largest absolute Gasteiger partial charge is 0.477 e. The highest BCUT2D eigenvalue weighted by Gasteiger charge is 2.54. The number of anilines is 1. The van der Waals surface area contributed by atoms with E-state index in [1.165, 1.54) is 16.7 Å². The molecule has 1 saturated heterocycles. The van der Waals surface area contributed by atoms with Crippen molar-refractivity contribution in [1.29, 1.82) is 0 Å². The van der Waals surface area contributed by atoms with E-state index in [4.69, 9.17) is 11.5 Å². The van der Waals surface area contributed by atoms with E-state index in [0.29, 0.717) is 30.0 Å². The van der Waals surface area contributed by atoms with E-state index in [2.05, 4.69) is 24.8 Å². The van der Waals surface area contributed by atoms with Crippen LogP contribution in [0.4, 0.5) is 5.13 Å². The van der Waals surface area contributed by atoms with Crippen molar-refractivity contribution in [3.05, 3.63) is 40.5 Å². The van der Waals surface area contributed by atoms with Crippen LogP contribution in [0.3, 0.4) is 0 Å². The van der Waals surface area contributed by atoms with Gasteiger partial charge < -0.3 is 27.1 Å². The van der Waals surface area contributed by atoms with Gasteiger partial charge in [-0.2, -0.15) is 21.1 Å². The monoisotopic (exact) mass is 550 g/mol. The first-order chi connectivity index (χ1) is 17.3. The Hall–Kier alpha value is -3.21. The van der Waals surface area contributed by atoms with E-state index < -0.39 is 35.6 Å². The summed E-state index contributed by atoms with van der Waals surface area (Å²) < 4.78 is 3.83. The maximum absolute atomic E-state index is 13.0. The number of nitrogens with two attached hydrogens (primary N) is 2. The quantitative estimate of drug-likeness (QED) is 0.0898. The van der Waals surface area contributed by atoms with Gasteiger partial charge in [0.2, 0.25) is 11.5 Å². The second-order valence-electron chi connectivity index (χ2n) is 7.64. The van der Waals surface area contributed by atoms with Crippen molar-refractivity contribution in [2.45, 2.75) is 35.6 Å². The maximum atomic E-state index is 13.0. The summed E-state index contributed by atoms with van der Waals surface area (Å²) in [6, 6.07) is 2.11. The number of aromatic nitrogens is 3. The molecule has 2 amide bonds. The van der Waals surface area contributed by atoms with Crippen LogP contribution in [0.25, 0.3) is 0 Å². The molecule has 2 aliphatic rings. The number of nitrogens with zero attached hydrogens (tertiary/aromatic N) is 5. The van der Waals surface area contributed by atoms with Gasteiger partial charge in [0.05, 0.1) is 11.7 Å². The summed E-state index contributed by atoms with van der Waals surface area (Å²) in [6.07, 6.45) is 2.50. The van der Waals surface area contributed by atoms with Gasteiger partial charge in [0, 0.05) is 45.6 Å². The van der Waals surface area contributed by atoms with Crippen LogP contribution in [0, 0.1) is 0 Å². The molecule has 4 rings (SSSR count). The summed E-state index contributed by atoms with van der Waals surface area (Å²) in [6.45, 7) is 0.546. The fourth-order valence-corrected chi connectivity index (χ4v) is 6.29. The van der Waals surface area contributed by atoms with Crippen molar-refractivity contribution in [3.8, 4) is 0 Å². The lowest BCUT2D eigenvalue weighted by Crippen LogP contribution is -2.72. The zero-order chi connectivity index (χ0) is 25.8. The molecule has 0 bridgehead atoms. The summed E-state index contributed by atoms with van der Waals surface area (Å²) in [5, 5.41) is 24.7. The fourth-order valence-electron chi connectivity index (χ4n) is 3.87. The number of aliphatic carboxylic acids is 1. The molecule has 190 valence electrons. The second kappa shape index (κ2) is 11.2. The minimum absolute atomic E-state index is 0.0770. The lowest BCUT2D eigenvalue weighted by molar-refractivity contribution is -0.155. The Morgan fingerprint density at radius 1 is 1.39 bits per heavy atom. The van der Waals surface area contributed by atoms with E-state index in [0.717, 1.165) is 27.9 Å². The van der Waals surface area contributed by atoms with E-state index >= 15 is 0 Å². The number of pyridine rings is 1. The summed E-state index contributed by atoms with van der Waals surface area (Å²) in [5.41, 5.74) is 11.3. The number of allylic oxidation sites excluding steroid dienone is 1. The number of carbonyl (C=O) groups is 3. The van der Waals surface area contributed by atoms with Crippen molar-refractivity contribution < 1.29 is 24.7 Å². The van der Waals surface area contributed by atoms with Crippen LogP contribution in [0.2, 0.25) is 0 Å². The first kappa shape index (κ1) is 25.9. The molecule has 4 heterocycles. The first-order valence-electron chi connectivity index (χ1n) is 10.7. The molecule has 2 atom stereocenters. The van der Waals surface area contributed by atoms with Gasteiger partial charge in [0.15, 0.2) is 5.13 Å². The number of hydrogen-bond donors (Lipinski definition) is 5. The molecule has 0 aromatic carbocycles. The van der Waals surface area contributed by atoms with Crippen LogP contribution >= 0.6 is 35.1 Å². The van der Waals surface area contributed by atoms with Crippen LogP contribution in [-0.2, 0) is 20.1 Å². The van der Waals surface area contributed by atoms with Crippen LogP contribution < -0.4 is 16.8 Å². The Labute approximate surface area is 217 Å². The number of amides is 2. The first-order valence-corrected chi connectivity index (χ1v) is 13.4. The molecular formula is C20H22N8O5S3. The van der Waals surface area contributed by atoms with Crippen LogP contribution in [0.15, 0.2) is 39.0 Å². The third-order valence-electron chi connectivity index (χ3n) is 5.43. The number of thioether (sulfide) groups is 2. The number of carboxylic acid groups (broad SMARTS) is 1. The number of fused-ring (bicyclic) bond motifs is 1. The van der Waals surface area contributed by atoms with Gasteiger partial charge in [-0.05, 0) is 25.0 Å². The van der Waals surface area contributed by atoms with Gasteiger partial charge in [0.25, 0.3) is 11.8 Å².